The van der Waals surface area contributed by atoms with Crippen LogP contribution in [0.2, 0.25) is 0 Å². The van der Waals surface area contributed by atoms with Gasteiger partial charge >= 0.3 is 25.0 Å². The van der Waals surface area contributed by atoms with Crippen molar-refractivity contribution in [3.63, 3.8) is 0 Å². The molecule has 19 heteroatoms. The first kappa shape index (κ1) is 42.3. The fourth-order valence-corrected chi connectivity index (χ4v) is 7.62. The Hall–Kier alpha value is -4.40. The highest BCUT2D eigenvalue weighted by Gasteiger charge is 2.52. The van der Waals surface area contributed by atoms with Gasteiger partial charge in [0.15, 0.2) is 0 Å². The summed E-state index contributed by atoms with van der Waals surface area (Å²) in [5.74, 6) is -1.49. The maximum atomic E-state index is 11.2. The van der Waals surface area contributed by atoms with Crippen molar-refractivity contribution in [2.45, 2.75) is 38.9 Å². The Labute approximate surface area is 333 Å². The van der Waals surface area contributed by atoms with Crippen LogP contribution in [-0.4, -0.2) is 84.9 Å². The van der Waals surface area contributed by atoms with Gasteiger partial charge in [0, 0.05) is 55.9 Å². The molecule has 0 unspecified atom stereocenters. The number of aryl methyl sites for hydroxylation is 3. The first-order chi connectivity index (χ1) is 25.5. The highest BCUT2D eigenvalue weighted by atomic mass is 79.9. The zero-order valence-corrected chi connectivity index (χ0v) is 35.1. The van der Waals surface area contributed by atoms with E-state index in [9.17, 15) is 14.4 Å². The number of hydrogen-bond donors (Lipinski definition) is 1. The number of thiophene rings is 3. The summed E-state index contributed by atoms with van der Waals surface area (Å²) >= 11 is 7.62. The summed E-state index contributed by atoms with van der Waals surface area (Å²) in [6.07, 6.45) is 5.17. The summed E-state index contributed by atoms with van der Waals surface area (Å²) in [4.78, 5) is 34.6. The molecule has 1 saturated heterocycles. The molecule has 0 radical (unpaired) electrons. The zero-order chi connectivity index (χ0) is 39.8. The van der Waals surface area contributed by atoms with Gasteiger partial charge in [-0.3, -0.25) is 14.0 Å². The Kier molecular flexibility index (Phi) is 14.3. The van der Waals surface area contributed by atoms with Crippen molar-refractivity contribution in [2.24, 2.45) is 21.1 Å². The average molecular weight is 860 g/mol. The predicted octanol–water partition coefficient (Wildman–Crippen LogP) is 6.80. The number of rotatable bonds is 6. The van der Waals surface area contributed by atoms with Crippen LogP contribution in [0.3, 0.4) is 0 Å². The number of carboxylic acid groups (broad SMARTS) is 1. The van der Waals surface area contributed by atoms with Crippen LogP contribution in [0.4, 0.5) is 0 Å². The van der Waals surface area contributed by atoms with Crippen molar-refractivity contribution >= 4 is 80.6 Å². The largest absolute Gasteiger partial charge is 0.514 e. The molecule has 0 saturated carbocycles. The molecule has 7 heterocycles. The number of ether oxygens (including phenoxy) is 2. The Balaban J connectivity index is 0.000000162. The lowest BCUT2D eigenvalue weighted by Crippen LogP contribution is -2.41. The second kappa shape index (κ2) is 18.3. The molecule has 1 aliphatic heterocycles. The number of halogens is 1. The lowest BCUT2D eigenvalue weighted by molar-refractivity contribution is 0.00578. The molecule has 6 aromatic heterocycles. The van der Waals surface area contributed by atoms with E-state index in [1.807, 2.05) is 73.1 Å². The molecule has 0 bridgehead atoms. The van der Waals surface area contributed by atoms with Gasteiger partial charge < -0.3 is 23.9 Å². The molecule has 14 nitrogen and oxygen atoms in total. The van der Waals surface area contributed by atoms with Crippen LogP contribution in [0.1, 0.15) is 58.8 Å². The smallest absolute Gasteiger partial charge is 0.478 e. The second-order valence-electron chi connectivity index (χ2n) is 12.5. The number of methoxy groups -OCH3 is 2. The summed E-state index contributed by atoms with van der Waals surface area (Å²) < 4.78 is 27.2. The van der Waals surface area contributed by atoms with E-state index in [4.69, 9.17) is 14.4 Å². The lowest BCUT2D eigenvalue weighted by Gasteiger charge is -2.32. The van der Waals surface area contributed by atoms with E-state index >= 15 is 0 Å². The average Bonchev–Trinajstić information content (AvgIpc) is 3.97. The van der Waals surface area contributed by atoms with Crippen LogP contribution in [0, 0.1) is 0 Å². The van der Waals surface area contributed by atoms with Crippen LogP contribution in [-0.2, 0) is 39.9 Å². The zero-order valence-electron chi connectivity index (χ0n) is 31.1. The minimum absolute atomic E-state index is 0.290. The van der Waals surface area contributed by atoms with Gasteiger partial charge in [0.1, 0.15) is 0 Å². The van der Waals surface area contributed by atoms with Gasteiger partial charge in [-0.25, -0.2) is 14.4 Å². The van der Waals surface area contributed by atoms with Crippen LogP contribution in [0.15, 0.2) is 74.9 Å². The van der Waals surface area contributed by atoms with Gasteiger partial charge in [-0.15, -0.1) is 34.0 Å². The molecule has 1 fully saturated rings. The molecule has 0 spiro atoms. The number of nitrogens with zero attached hydrogens (tertiary/aromatic N) is 6. The van der Waals surface area contributed by atoms with E-state index in [0.717, 1.165) is 30.5 Å². The Morgan fingerprint density at radius 3 is 1.50 bits per heavy atom. The Morgan fingerprint density at radius 2 is 1.13 bits per heavy atom. The Bertz CT molecular complexity index is 2170. The van der Waals surface area contributed by atoms with Gasteiger partial charge in [0.2, 0.25) is 0 Å². The maximum absolute atomic E-state index is 11.2. The molecule has 0 aliphatic carbocycles. The predicted molar refractivity (Wildman–Crippen MR) is 214 cm³/mol. The molecule has 0 atom stereocenters. The van der Waals surface area contributed by atoms with Gasteiger partial charge in [-0.1, -0.05) is 0 Å². The first-order valence-electron chi connectivity index (χ1n) is 16.1. The number of carbonyl (C=O) groups is 3. The summed E-state index contributed by atoms with van der Waals surface area (Å²) in [5.41, 5.74) is 3.81. The number of aromatic carboxylic acids is 1. The summed E-state index contributed by atoms with van der Waals surface area (Å²) in [6.45, 7) is 8.18. The van der Waals surface area contributed by atoms with E-state index in [2.05, 4.69) is 40.7 Å². The maximum Gasteiger partial charge on any atom is 0.514 e. The first-order valence-corrected chi connectivity index (χ1v) is 19.5. The molecule has 0 amide bonds. The standard InChI is InChI=1S/C10H17BN2O2.C10H10N2O2S.C9H8N2O2S.C6H5BrO2S/c1-9(2)10(3,4)15-11(14-9)8-6-7-12-13(8)5;1-12-8(3-4-11-12)9-5-7(6-15-9)10(13)14-2;1-11-7(2-3-10-11)8-4-6(5-14-8)9(12)13;1-9-6(8)4-2-5(7)10-3-4/h6-7H,1-5H3;3-6H,1-2H3;2-5H,1H3,(H,12,13);2-3H,1H3. The summed E-state index contributed by atoms with van der Waals surface area (Å²) in [6, 6.07) is 10.9. The molecule has 0 aromatic carbocycles. The highest BCUT2D eigenvalue weighted by Crippen LogP contribution is 2.36. The van der Waals surface area contributed by atoms with Crippen LogP contribution in [0.5, 0.6) is 0 Å². The molecule has 7 rings (SSSR count). The molecule has 1 aliphatic rings. The number of aromatic nitrogens is 6. The van der Waals surface area contributed by atoms with E-state index in [0.29, 0.717) is 16.7 Å². The van der Waals surface area contributed by atoms with E-state index < -0.39 is 5.97 Å². The molecule has 6 aromatic rings. The number of hydrogen-bond acceptors (Lipinski definition) is 13. The van der Waals surface area contributed by atoms with E-state index in [-0.39, 0.29) is 30.3 Å². The number of esters is 2. The third-order valence-corrected chi connectivity index (χ3v) is 11.8. The topological polar surface area (TPSA) is 162 Å². The fourth-order valence-electron chi connectivity index (χ4n) is 4.62. The molecule has 286 valence electrons. The quantitative estimate of drug-likeness (QED) is 0.139. The number of carbonyl (C=O) groups excluding carboxylic acids is 2. The fraction of sp³-hybridized carbons (Fsp3) is 0.314. The monoisotopic (exact) mass is 858 g/mol. The van der Waals surface area contributed by atoms with Crippen LogP contribution < -0.4 is 5.59 Å². The third kappa shape index (κ3) is 10.4. The van der Waals surface area contributed by atoms with E-state index in [1.165, 1.54) is 48.2 Å². The molecular formula is C35H40BBrN6O8S3. The molecule has 54 heavy (non-hydrogen) atoms. The van der Waals surface area contributed by atoms with Gasteiger partial charge in [-0.2, -0.15) is 15.3 Å². The van der Waals surface area contributed by atoms with Crippen molar-refractivity contribution in [3.05, 3.63) is 91.6 Å². The highest BCUT2D eigenvalue weighted by molar-refractivity contribution is 9.11. The van der Waals surface area contributed by atoms with Gasteiger partial charge in [0.25, 0.3) is 0 Å². The minimum atomic E-state index is -0.894. The van der Waals surface area contributed by atoms with Crippen LogP contribution >= 0.6 is 49.9 Å². The van der Waals surface area contributed by atoms with Crippen LogP contribution in [0.25, 0.3) is 21.1 Å². The van der Waals surface area contributed by atoms with Crippen molar-refractivity contribution < 1.29 is 38.3 Å². The summed E-state index contributed by atoms with van der Waals surface area (Å²) in [5, 5.41) is 26.1. The van der Waals surface area contributed by atoms with Gasteiger partial charge in [-0.05, 0) is 80.0 Å². The normalized spacial score (nSPS) is 13.8. The summed E-state index contributed by atoms with van der Waals surface area (Å²) in [7, 11) is 8.02. The molecule has 1 N–H and O–H groups in total. The molecular weight excluding hydrogens is 819 g/mol. The van der Waals surface area contributed by atoms with Gasteiger partial charge in [0.05, 0.1) is 72.6 Å². The van der Waals surface area contributed by atoms with Crippen molar-refractivity contribution in [1.82, 2.24) is 29.3 Å². The number of carboxylic acids is 1. The van der Waals surface area contributed by atoms with Crippen molar-refractivity contribution in [2.75, 3.05) is 14.2 Å². The van der Waals surface area contributed by atoms with E-state index in [1.54, 1.807) is 60.9 Å². The third-order valence-electron chi connectivity index (χ3n) is 8.36. The second-order valence-corrected chi connectivity index (χ2v) is 16.6. The SMILES string of the molecule is COC(=O)c1csc(-c2ccnn2C)c1.COC(=O)c1csc(Br)c1.Cn1nccc1-c1cc(C(=O)O)cs1.Cn1nccc1B1OC(C)(C)C(C)(C)O1. The Morgan fingerprint density at radius 1 is 0.704 bits per heavy atom. The lowest BCUT2D eigenvalue weighted by atomic mass is 9.85. The minimum Gasteiger partial charge on any atom is -0.478 e. The van der Waals surface area contributed by atoms with Crippen molar-refractivity contribution in [3.8, 4) is 21.1 Å². The van der Waals surface area contributed by atoms with Crippen molar-refractivity contribution in [1.29, 1.82) is 0 Å².